The maximum absolute atomic E-state index is 12.8. The number of rotatable bonds is 6. The molecule has 0 fully saturated rings. The summed E-state index contributed by atoms with van der Waals surface area (Å²) in [5.41, 5.74) is -0.972. The lowest BCUT2D eigenvalue weighted by Crippen LogP contribution is -2.34. The number of nitrogens with zero attached hydrogens (tertiary/aromatic N) is 1. The van der Waals surface area contributed by atoms with Crippen molar-refractivity contribution in [2.45, 2.75) is 6.18 Å². The third-order valence-electron chi connectivity index (χ3n) is 3.43. The van der Waals surface area contributed by atoms with Crippen molar-refractivity contribution in [2.75, 3.05) is 13.1 Å². The molecule has 0 bridgehead atoms. The number of hydrogen-bond donors (Lipinski definition) is 3. The number of alkyl halides is 3. The normalized spacial score (nSPS) is 11.4. The lowest BCUT2D eigenvalue weighted by Gasteiger charge is -2.09. The first-order valence-electron chi connectivity index (χ1n) is 7.93. The van der Waals surface area contributed by atoms with Crippen LogP contribution in [-0.4, -0.2) is 35.0 Å². The highest BCUT2D eigenvalue weighted by Gasteiger charge is 2.33. The molecule has 3 N–H and O–H groups in total. The molecule has 0 aliphatic rings. The zero-order valence-corrected chi connectivity index (χ0v) is 15.0. The first-order valence-corrected chi connectivity index (χ1v) is 8.31. The Kier molecular flexibility index (Phi) is 7.00. The molecule has 0 saturated carbocycles. The van der Waals surface area contributed by atoms with Gasteiger partial charge in [0, 0.05) is 25.4 Å². The van der Waals surface area contributed by atoms with E-state index in [0.717, 1.165) is 18.2 Å². The minimum Gasteiger partial charge on any atom is -0.505 e. The van der Waals surface area contributed by atoms with Gasteiger partial charge < -0.3 is 15.7 Å². The molecule has 1 aromatic carbocycles. The van der Waals surface area contributed by atoms with Crippen LogP contribution in [0.4, 0.5) is 13.2 Å². The molecule has 0 spiro atoms. The molecule has 0 aliphatic carbocycles. The van der Waals surface area contributed by atoms with Gasteiger partial charge in [0.1, 0.15) is 5.75 Å². The van der Waals surface area contributed by atoms with Crippen molar-refractivity contribution in [3.63, 3.8) is 0 Å². The molecular weight excluding hydrogens is 399 g/mol. The summed E-state index contributed by atoms with van der Waals surface area (Å²) in [6.45, 7) is 0.129. The number of carbonyl (C=O) groups is 2. The zero-order valence-electron chi connectivity index (χ0n) is 14.3. The number of carbonyl (C=O) groups excluding carboxylic acids is 2. The van der Waals surface area contributed by atoms with Gasteiger partial charge in [0.05, 0.1) is 10.6 Å². The second-order valence-corrected chi connectivity index (χ2v) is 5.90. The summed E-state index contributed by atoms with van der Waals surface area (Å²) in [6, 6.07) is 6.07. The summed E-state index contributed by atoms with van der Waals surface area (Å²) < 4.78 is 38.4. The molecule has 6 nitrogen and oxygen atoms in total. The number of hydrogen-bond acceptors (Lipinski definition) is 4. The third-order valence-corrected chi connectivity index (χ3v) is 3.76. The molecule has 0 unspecified atom stereocenters. The molecule has 2 amide bonds. The molecule has 2 rings (SSSR count). The minimum absolute atomic E-state index is 0.0631. The van der Waals surface area contributed by atoms with Crippen molar-refractivity contribution in [3.8, 4) is 5.75 Å². The van der Waals surface area contributed by atoms with Crippen LogP contribution >= 0.6 is 11.6 Å². The third kappa shape index (κ3) is 5.98. The largest absolute Gasteiger partial charge is 0.505 e. The second-order valence-electron chi connectivity index (χ2n) is 5.49. The molecular formula is C18H15ClF3N3O3. The number of amides is 2. The van der Waals surface area contributed by atoms with Gasteiger partial charge in [0.2, 0.25) is 5.91 Å². The Morgan fingerprint density at radius 1 is 1.18 bits per heavy atom. The van der Waals surface area contributed by atoms with Crippen molar-refractivity contribution < 1.29 is 27.9 Å². The van der Waals surface area contributed by atoms with Crippen LogP contribution in [0.25, 0.3) is 6.08 Å². The fourth-order valence-electron chi connectivity index (χ4n) is 2.11. The molecule has 148 valence electrons. The van der Waals surface area contributed by atoms with E-state index < -0.39 is 28.6 Å². The first kappa shape index (κ1) is 21.2. The topological polar surface area (TPSA) is 91.3 Å². The van der Waals surface area contributed by atoms with E-state index in [9.17, 15) is 27.9 Å². The smallest absolute Gasteiger partial charge is 0.417 e. The van der Waals surface area contributed by atoms with Crippen molar-refractivity contribution in [1.82, 2.24) is 15.6 Å². The zero-order chi connectivity index (χ0) is 20.7. The average molecular weight is 414 g/mol. The van der Waals surface area contributed by atoms with Gasteiger partial charge in [0.25, 0.3) is 5.91 Å². The highest BCUT2D eigenvalue weighted by atomic mass is 35.5. The molecule has 1 heterocycles. The monoisotopic (exact) mass is 413 g/mol. The number of nitrogens with one attached hydrogen (secondary N) is 2. The highest BCUT2D eigenvalue weighted by Crippen LogP contribution is 2.35. The SMILES string of the molecule is O=C(C=Cc1ccc(Cl)c(C(F)(F)F)c1)NCCNC(=O)c1ncccc1O. The highest BCUT2D eigenvalue weighted by molar-refractivity contribution is 6.31. The van der Waals surface area contributed by atoms with Crippen molar-refractivity contribution >= 4 is 29.5 Å². The van der Waals surface area contributed by atoms with Crippen LogP contribution in [0, 0.1) is 0 Å². The maximum Gasteiger partial charge on any atom is 0.417 e. The summed E-state index contributed by atoms with van der Waals surface area (Å²) in [5, 5.41) is 14.0. The second kappa shape index (κ2) is 9.23. The van der Waals surface area contributed by atoms with Crippen LogP contribution < -0.4 is 10.6 Å². The van der Waals surface area contributed by atoms with Gasteiger partial charge in [-0.25, -0.2) is 4.98 Å². The van der Waals surface area contributed by atoms with Gasteiger partial charge in [-0.1, -0.05) is 17.7 Å². The number of aromatic hydroxyl groups is 1. The van der Waals surface area contributed by atoms with E-state index in [1.54, 1.807) is 0 Å². The number of pyridine rings is 1. The quantitative estimate of drug-likeness (QED) is 0.501. The Bertz CT molecular complexity index is 901. The number of benzene rings is 1. The van der Waals surface area contributed by atoms with E-state index in [1.807, 2.05) is 0 Å². The van der Waals surface area contributed by atoms with Gasteiger partial charge in [-0.2, -0.15) is 13.2 Å². The summed E-state index contributed by atoms with van der Waals surface area (Å²) in [5.74, 6) is -1.43. The van der Waals surface area contributed by atoms with Crippen molar-refractivity contribution in [2.24, 2.45) is 0 Å². The van der Waals surface area contributed by atoms with Gasteiger partial charge in [0.15, 0.2) is 5.69 Å². The van der Waals surface area contributed by atoms with Crippen LogP contribution in [0.15, 0.2) is 42.6 Å². The lowest BCUT2D eigenvalue weighted by molar-refractivity contribution is -0.137. The molecule has 0 atom stereocenters. The Morgan fingerprint density at radius 2 is 1.89 bits per heavy atom. The fourth-order valence-corrected chi connectivity index (χ4v) is 2.34. The Hall–Kier alpha value is -3.07. The van der Waals surface area contributed by atoms with E-state index in [-0.39, 0.29) is 30.1 Å². The molecule has 2 aromatic rings. The number of aromatic nitrogens is 1. The van der Waals surface area contributed by atoms with Crippen molar-refractivity contribution in [1.29, 1.82) is 0 Å². The van der Waals surface area contributed by atoms with Crippen LogP contribution in [0.1, 0.15) is 21.6 Å². The molecule has 0 aliphatic heterocycles. The molecule has 0 radical (unpaired) electrons. The molecule has 28 heavy (non-hydrogen) atoms. The van der Waals surface area contributed by atoms with Crippen LogP contribution in [0.3, 0.4) is 0 Å². The first-order chi connectivity index (χ1) is 13.2. The van der Waals surface area contributed by atoms with Crippen LogP contribution in [0.5, 0.6) is 5.75 Å². The van der Waals surface area contributed by atoms with Gasteiger partial charge in [-0.15, -0.1) is 0 Å². The van der Waals surface area contributed by atoms with E-state index in [2.05, 4.69) is 15.6 Å². The van der Waals surface area contributed by atoms with E-state index in [1.165, 1.54) is 30.5 Å². The summed E-state index contributed by atoms with van der Waals surface area (Å²) >= 11 is 5.53. The molecule has 1 aromatic heterocycles. The Labute approximate surface area is 163 Å². The average Bonchev–Trinajstić information content (AvgIpc) is 2.63. The Balaban J connectivity index is 1.83. The predicted molar refractivity (Wildman–Crippen MR) is 96.7 cm³/mol. The van der Waals surface area contributed by atoms with E-state index in [0.29, 0.717) is 0 Å². The minimum atomic E-state index is -4.59. The van der Waals surface area contributed by atoms with Gasteiger partial charge in [-0.3, -0.25) is 9.59 Å². The molecule has 0 saturated heterocycles. The van der Waals surface area contributed by atoms with Crippen LogP contribution in [-0.2, 0) is 11.0 Å². The van der Waals surface area contributed by atoms with E-state index >= 15 is 0 Å². The standard InChI is InChI=1S/C18H15ClF3N3O3/c19-13-5-3-11(10-12(13)18(20,21)22)4-6-15(27)23-8-9-25-17(28)16-14(26)2-1-7-24-16/h1-7,10,26H,8-9H2,(H,23,27)(H,25,28). The van der Waals surface area contributed by atoms with Gasteiger partial charge in [-0.05, 0) is 35.9 Å². The molecule has 10 heteroatoms. The summed E-state index contributed by atoms with van der Waals surface area (Å²) in [7, 11) is 0. The predicted octanol–water partition coefficient (Wildman–Crippen LogP) is 3.02. The van der Waals surface area contributed by atoms with Gasteiger partial charge >= 0.3 is 6.18 Å². The summed E-state index contributed by atoms with van der Waals surface area (Å²) in [4.78, 5) is 27.3. The fraction of sp³-hybridized carbons (Fsp3) is 0.167. The van der Waals surface area contributed by atoms with Crippen molar-refractivity contribution in [3.05, 3.63) is 64.4 Å². The van der Waals surface area contributed by atoms with Crippen LogP contribution in [0.2, 0.25) is 5.02 Å². The maximum atomic E-state index is 12.8. The summed E-state index contributed by atoms with van der Waals surface area (Å²) in [6.07, 6.45) is -0.965. The van der Waals surface area contributed by atoms with E-state index in [4.69, 9.17) is 11.6 Å². The Morgan fingerprint density at radius 3 is 2.57 bits per heavy atom. The number of halogens is 4. The lowest BCUT2D eigenvalue weighted by atomic mass is 10.1.